The maximum absolute atomic E-state index is 13.4. The number of aliphatic carboxylic acids is 1. The summed E-state index contributed by atoms with van der Waals surface area (Å²) in [5.41, 5.74) is 0.377. The van der Waals surface area contributed by atoms with E-state index in [1.807, 2.05) is 4.90 Å². The maximum atomic E-state index is 13.4. The molecule has 0 radical (unpaired) electrons. The van der Waals surface area contributed by atoms with Crippen molar-refractivity contribution in [1.29, 1.82) is 0 Å². The number of hydrogen-bond acceptors (Lipinski definition) is 4. The van der Waals surface area contributed by atoms with Crippen molar-refractivity contribution in [2.45, 2.75) is 6.04 Å². The monoisotopic (exact) mass is 285 g/mol. The molecule has 104 valence electrons. The quantitative estimate of drug-likeness (QED) is 0.917. The van der Waals surface area contributed by atoms with Crippen molar-refractivity contribution in [3.8, 4) is 5.75 Å². The molecule has 1 aromatic carbocycles. The fourth-order valence-corrected chi connectivity index (χ4v) is 3.17. The maximum Gasteiger partial charge on any atom is 0.325 e. The average molecular weight is 285 g/mol. The third kappa shape index (κ3) is 3.19. The molecule has 0 spiro atoms. The number of nitrogens with zero attached hydrogens (tertiary/aromatic N) is 1. The van der Waals surface area contributed by atoms with E-state index in [0.29, 0.717) is 24.4 Å². The van der Waals surface area contributed by atoms with Gasteiger partial charge in [0.25, 0.3) is 0 Å². The van der Waals surface area contributed by atoms with Gasteiger partial charge < -0.3 is 9.84 Å². The Balaban J connectivity index is 2.37. The highest BCUT2D eigenvalue weighted by atomic mass is 32.2. The average Bonchev–Trinajstić information content (AvgIpc) is 2.40. The van der Waals surface area contributed by atoms with Crippen LogP contribution >= 0.6 is 11.8 Å². The molecular formula is C13H16FNO3S. The molecule has 1 N–H and O–H groups in total. The molecule has 0 bridgehead atoms. The lowest BCUT2D eigenvalue weighted by Crippen LogP contribution is -2.40. The lowest BCUT2D eigenvalue weighted by molar-refractivity contribution is -0.143. The molecule has 1 aliphatic heterocycles. The second-order valence-electron chi connectivity index (χ2n) is 4.28. The van der Waals surface area contributed by atoms with Crippen molar-refractivity contribution < 1.29 is 19.0 Å². The minimum absolute atomic E-state index is 0.377. The molecule has 0 aliphatic carbocycles. The lowest BCUT2D eigenvalue weighted by atomic mass is 10.0. The predicted octanol–water partition coefficient (Wildman–Crippen LogP) is 2.01. The minimum Gasteiger partial charge on any atom is -0.496 e. The summed E-state index contributed by atoms with van der Waals surface area (Å²) in [5, 5.41) is 9.46. The zero-order chi connectivity index (χ0) is 13.8. The molecule has 1 aromatic rings. The number of rotatable bonds is 4. The van der Waals surface area contributed by atoms with E-state index in [-0.39, 0.29) is 0 Å². The van der Waals surface area contributed by atoms with Crippen LogP contribution in [0.2, 0.25) is 0 Å². The topological polar surface area (TPSA) is 49.8 Å². The number of hydrogen-bond donors (Lipinski definition) is 1. The SMILES string of the molecule is COc1ccc(F)cc1[C@H](C(=O)O)N1CCSCC1. The summed E-state index contributed by atoms with van der Waals surface area (Å²) in [6.45, 7) is 1.36. The number of thioether (sulfide) groups is 1. The summed E-state index contributed by atoms with van der Waals surface area (Å²) in [7, 11) is 1.46. The molecule has 0 aromatic heterocycles. The molecule has 1 saturated heterocycles. The smallest absolute Gasteiger partial charge is 0.325 e. The Morgan fingerprint density at radius 1 is 1.47 bits per heavy atom. The number of carboxylic acids is 1. The zero-order valence-electron chi connectivity index (χ0n) is 10.6. The third-order valence-corrected chi connectivity index (χ3v) is 4.07. The van der Waals surface area contributed by atoms with Crippen LogP contribution in [-0.2, 0) is 4.79 Å². The van der Waals surface area contributed by atoms with Crippen LogP contribution in [0.4, 0.5) is 4.39 Å². The Kier molecular flexibility index (Phi) is 4.66. The fraction of sp³-hybridized carbons (Fsp3) is 0.462. The lowest BCUT2D eigenvalue weighted by Gasteiger charge is -2.32. The predicted molar refractivity (Wildman–Crippen MR) is 72.2 cm³/mol. The molecule has 6 heteroatoms. The molecule has 19 heavy (non-hydrogen) atoms. The van der Waals surface area contributed by atoms with Gasteiger partial charge >= 0.3 is 5.97 Å². The van der Waals surface area contributed by atoms with Crippen molar-refractivity contribution in [3.63, 3.8) is 0 Å². The van der Waals surface area contributed by atoms with Gasteiger partial charge in [0.05, 0.1) is 7.11 Å². The second kappa shape index (κ2) is 6.25. The van der Waals surface area contributed by atoms with E-state index in [0.717, 1.165) is 11.5 Å². The molecule has 2 rings (SSSR count). The Morgan fingerprint density at radius 3 is 2.74 bits per heavy atom. The standard InChI is InChI=1S/C13H16FNO3S/c1-18-11-3-2-9(14)8-10(11)12(13(16)17)15-4-6-19-7-5-15/h2-3,8,12H,4-7H2,1H3,(H,16,17)/t12-/m1/s1. The van der Waals surface area contributed by atoms with Crippen LogP contribution in [0.25, 0.3) is 0 Å². The molecule has 1 atom stereocenters. The summed E-state index contributed by atoms with van der Waals surface area (Å²) in [6.07, 6.45) is 0. The summed E-state index contributed by atoms with van der Waals surface area (Å²) in [5.74, 6) is 0.763. The molecule has 0 amide bonds. The van der Waals surface area contributed by atoms with Crippen LogP contribution < -0.4 is 4.74 Å². The highest BCUT2D eigenvalue weighted by Crippen LogP contribution is 2.31. The summed E-state index contributed by atoms with van der Waals surface area (Å²) >= 11 is 1.80. The molecular weight excluding hydrogens is 269 g/mol. The van der Waals surface area contributed by atoms with E-state index in [1.165, 1.54) is 25.3 Å². The number of methoxy groups -OCH3 is 1. The summed E-state index contributed by atoms with van der Waals surface area (Å²) in [4.78, 5) is 13.4. The zero-order valence-corrected chi connectivity index (χ0v) is 11.5. The van der Waals surface area contributed by atoms with E-state index in [1.54, 1.807) is 11.8 Å². The summed E-state index contributed by atoms with van der Waals surface area (Å²) in [6, 6.07) is 3.14. The first-order chi connectivity index (χ1) is 9.13. The van der Waals surface area contributed by atoms with Crippen molar-refractivity contribution >= 4 is 17.7 Å². The first-order valence-electron chi connectivity index (χ1n) is 6.01. The van der Waals surface area contributed by atoms with Gasteiger partial charge in [0.15, 0.2) is 0 Å². The molecule has 1 heterocycles. The van der Waals surface area contributed by atoms with Gasteiger partial charge in [-0.05, 0) is 18.2 Å². The fourth-order valence-electron chi connectivity index (χ4n) is 2.24. The Morgan fingerprint density at radius 2 is 2.16 bits per heavy atom. The van der Waals surface area contributed by atoms with E-state index in [9.17, 15) is 14.3 Å². The van der Waals surface area contributed by atoms with Crippen LogP contribution in [0.3, 0.4) is 0 Å². The van der Waals surface area contributed by atoms with Crippen LogP contribution in [0, 0.1) is 5.82 Å². The Bertz CT molecular complexity index is 463. The van der Waals surface area contributed by atoms with Gasteiger partial charge in [-0.2, -0.15) is 11.8 Å². The minimum atomic E-state index is -0.976. The largest absolute Gasteiger partial charge is 0.496 e. The molecule has 1 aliphatic rings. The van der Waals surface area contributed by atoms with Gasteiger partial charge in [0.1, 0.15) is 17.6 Å². The summed E-state index contributed by atoms with van der Waals surface area (Å²) < 4.78 is 18.6. The van der Waals surface area contributed by atoms with Gasteiger partial charge in [-0.15, -0.1) is 0 Å². The number of carbonyl (C=O) groups is 1. The van der Waals surface area contributed by atoms with Crippen LogP contribution in [0.15, 0.2) is 18.2 Å². The van der Waals surface area contributed by atoms with Gasteiger partial charge in [-0.3, -0.25) is 9.69 Å². The van der Waals surface area contributed by atoms with Gasteiger partial charge in [-0.25, -0.2) is 4.39 Å². The molecule has 0 saturated carbocycles. The van der Waals surface area contributed by atoms with Gasteiger partial charge in [0, 0.05) is 30.2 Å². The number of halogens is 1. The number of carboxylic acid groups (broad SMARTS) is 1. The van der Waals surface area contributed by atoms with Crippen LogP contribution in [0.5, 0.6) is 5.75 Å². The third-order valence-electron chi connectivity index (χ3n) is 3.13. The first-order valence-corrected chi connectivity index (χ1v) is 7.17. The Labute approximate surface area is 115 Å². The van der Waals surface area contributed by atoms with Crippen molar-refractivity contribution in [3.05, 3.63) is 29.6 Å². The van der Waals surface area contributed by atoms with E-state index in [2.05, 4.69) is 0 Å². The normalized spacial score (nSPS) is 18.0. The van der Waals surface area contributed by atoms with E-state index in [4.69, 9.17) is 4.74 Å². The van der Waals surface area contributed by atoms with E-state index >= 15 is 0 Å². The molecule has 4 nitrogen and oxygen atoms in total. The van der Waals surface area contributed by atoms with Gasteiger partial charge in [-0.1, -0.05) is 0 Å². The molecule has 0 unspecified atom stereocenters. The van der Waals surface area contributed by atoms with Crippen molar-refractivity contribution in [1.82, 2.24) is 4.90 Å². The van der Waals surface area contributed by atoms with Gasteiger partial charge in [0.2, 0.25) is 0 Å². The second-order valence-corrected chi connectivity index (χ2v) is 5.50. The number of ether oxygens (including phenoxy) is 1. The van der Waals surface area contributed by atoms with Crippen molar-refractivity contribution in [2.24, 2.45) is 0 Å². The van der Waals surface area contributed by atoms with Crippen molar-refractivity contribution in [2.75, 3.05) is 31.7 Å². The Hall–Kier alpha value is -1.27. The van der Waals surface area contributed by atoms with Crippen LogP contribution in [0.1, 0.15) is 11.6 Å². The highest BCUT2D eigenvalue weighted by Gasteiger charge is 2.31. The molecule has 1 fully saturated rings. The van der Waals surface area contributed by atoms with E-state index < -0.39 is 17.8 Å². The van der Waals surface area contributed by atoms with Crippen LogP contribution in [-0.4, -0.2) is 47.7 Å². The first kappa shape index (κ1) is 14.1. The highest BCUT2D eigenvalue weighted by molar-refractivity contribution is 7.99. The number of benzene rings is 1.